The van der Waals surface area contributed by atoms with Crippen molar-refractivity contribution in [3.05, 3.63) is 71.3 Å². The van der Waals surface area contributed by atoms with E-state index < -0.39 is 6.04 Å². The lowest BCUT2D eigenvalue weighted by atomic mass is 9.86. The van der Waals surface area contributed by atoms with E-state index in [1.54, 1.807) is 4.90 Å². The Hall–Kier alpha value is -2.62. The molecule has 0 aromatic heterocycles. The molecule has 4 heteroatoms. The quantitative estimate of drug-likeness (QED) is 0.611. The zero-order valence-corrected chi connectivity index (χ0v) is 20.9. The smallest absolute Gasteiger partial charge is 0.242 e. The van der Waals surface area contributed by atoms with E-state index in [2.05, 4.69) is 62.5 Å². The van der Waals surface area contributed by atoms with E-state index in [-0.39, 0.29) is 22.8 Å². The summed E-state index contributed by atoms with van der Waals surface area (Å²) in [6.07, 6.45) is 1.77. The van der Waals surface area contributed by atoms with Crippen LogP contribution in [0.3, 0.4) is 0 Å². The number of carbonyl (C=O) groups is 2. The molecule has 2 amide bonds. The number of nitrogens with one attached hydrogen (secondary N) is 1. The van der Waals surface area contributed by atoms with E-state index in [0.717, 1.165) is 17.5 Å². The molecule has 0 heterocycles. The number of nitrogens with zero attached hydrogens (tertiary/aromatic N) is 1. The number of hydrogen-bond donors (Lipinski definition) is 1. The van der Waals surface area contributed by atoms with Crippen molar-refractivity contribution < 1.29 is 9.59 Å². The zero-order chi connectivity index (χ0) is 23.9. The highest BCUT2D eigenvalue weighted by atomic mass is 16.2. The maximum absolute atomic E-state index is 13.2. The van der Waals surface area contributed by atoms with Gasteiger partial charge in [0.05, 0.1) is 0 Å². The van der Waals surface area contributed by atoms with Crippen molar-refractivity contribution in [2.45, 2.75) is 84.7 Å². The van der Waals surface area contributed by atoms with Crippen LogP contribution in [0, 0.1) is 0 Å². The Balaban J connectivity index is 2.09. The van der Waals surface area contributed by atoms with Gasteiger partial charge in [-0.2, -0.15) is 0 Å². The van der Waals surface area contributed by atoms with Crippen molar-refractivity contribution in [3.8, 4) is 0 Å². The summed E-state index contributed by atoms with van der Waals surface area (Å²) in [5.41, 5.74) is 3.35. The van der Waals surface area contributed by atoms with Gasteiger partial charge in [-0.3, -0.25) is 9.59 Å². The van der Waals surface area contributed by atoms with E-state index in [4.69, 9.17) is 0 Å². The van der Waals surface area contributed by atoms with Gasteiger partial charge >= 0.3 is 0 Å². The summed E-state index contributed by atoms with van der Waals surface area (Å²) in [6.45, 7) is 14.8. The van der Waals surface area contributed by atoms with Crippen molar-refractivity contribution >= 4 is 11.8 Å². The summed E-state index contributed by atoms with van der Waals surface area (Å²) in [5.74, 6) is -0.106. The molecule has 2 aromatic rings. The van der Waals surface area contributed by atoms with Crippen LogP contribution in [0.15, 0.2) is 54.6 Å². The second-order valence-corrected chi connectivity index (χ2v) is 10.7. The van der Waals surface area contributed by atoms with Crippen molar-refractivity contribution in [1.29, 1.82) is 0 Å². The molecule has 174 valence electrons. The maximum atomic E-state index is 13.2. The first-order chi connectivity index (χ1) is 14.9. The molecule has 0 aliphatic carbocycles. The third-order valence-electron chi connectivity index (χ3n) is 5.60. The molecule has 0 unspecified atom stereocenters. The Morgan fingerprint density at radius 1 is 0.844 bits per heavy atom. The lowest BCUT2D eigenvalue weighted by molar-refractivity contribution is -0.140. The van der Waals surface area contributed by atoms with E-state index in [1.807, 2.05) is 45.9 Å². The van der Waals surface area contributed by atoms with Crippen molar-refractivity contribution in [3.63, 3.8) is 0 Å². The van der Waals surface area contributed by atoms with Crippen LogP contribution in [0.5, 0.6) is 0 Å². The predicted molar refractivity (Wildman–Crippen MR) is 133 cm³/mol. The van der Waals surface area contributed by atoms with Gasteiger partial charge in [0.1, 0.15) is 6.04 Å². The van der Waals surface area contributed by atoms with Crippen LogP contribution in [-0.2, 0) is 27.8 Å². The van der Waals surface area contributed by atoms with Gasteiger partial charge < -0.3 is 10.2 Å². The van der Waals surface area contributed by atoms with Crippen LogP contribution >= 0.6 is 0 Å². The Bertz CT molecular complexity index is 874. The molecular weight excluding hydrogens is 396 g/mol. The molecule has 0 spiro atoms. The van der Waals surface area contributed by atoms with Crippen molar-refractivity contribution in [1.82, 2.24) is 10.2 Å². The molecule has 0 saturated carbocycles. The number of carbonyl (C=O) groups excluding carboxylic acids is 2. The Kier molecular flexibility index (Phi) is 8.65. The molecule has 0 fully saturated rings. The van der Waals surface area contributed by atoms with Gasteiger partial charge in [0.15, 0.2) is 0 Å². The number of benzene rings is 2. The van der Waals surface area contributed by atoms with E-state index >= 15 is 0 Å². The van der Waals surface area contributed by atoms with Gasteiger partial charge in [-0.15, -0.1) is 0 Å². The van der Waals surface area contributed by atoms with Gasteiger partial charge in [-0.25, -0.2) is 0 Å². The van der Waals surface area contributed by atoms with E-state index in [9.17, 15) is 9.59 Å². The van der Waals surface area contributed by atoms with Gasteiger partial charge in [0.25, 0.3) is 0 Å². The molecule has 0 saturated heterocycles. The number of rotatable bonds is 8. The second kappa shape index (κ2) is 10.8. The third-order valence-corrected chi connectivity index (χ3v) is 5.60. The van der Waals surface area contributed by atoms with Gasteiger partial charge in [0.2, 0.25) is 11.8 Å². The average Bonchev–Trinajstić information content (AvgIpc) is 2.71. The standard InChI is InChI=1S/C28H40N2O2/c1-21(26(32)29-28(5,6)7)30(20-19-22-11-9-8-10-12-22)25(31)18-15-23-13-16-24(17-14-23)27(2,3)4/h8-14,16-17,21H,15,18-20H2,1-7H3,(H,29,32)/t21-/m1/s1. The van der Waals surface area contributed by atoms with E-state index in [0.29, 0.717) is 19.4 Å². The minimum atomic E-state index is -0.520. The van der Waals surface area contributed by atoms with Crippen LogP contribution in [0.25, 0.3) is 0 Å². The number of amides is 2. The minimum Gasteiger partial charge on any atom is -0.350 e. The first kappa shape index (κ1) is 25.6. The molecular formula is C28H40N2O2. The van der Waals surface area contributed by atoms with Crippen molar-refractivity contribution in [2.75, 3.05) is 6.54 Å². The fourth-order valence-corrected chi connectivity index (χ4v) is 3.61. The monoisotopic (exact) mass is 436 g/mol. The summed E-state index contributed by atoms with van der Waals surface area (Å²) in [7, 11) is 0. The molecule has 0 aliphatic heterocycles. The highest BCUT2D eigenvalue weighted by molar-refractivity contribution is 5.87. The van der Waals surface area contributed by atoms with Gasteiger partial charge in [0, 0.05) is 18.5 Å². The first-order valence-corrected chi connectivity index (χ1v) is 11.6. The SMILES string of the molecule is C[C@H](C(=O)NC(C)(C)C)N(CCc1ccccc1)C(=O)CCc1ccc(C(C)(C)C)cc1. The molecule has 1 atom stereocenters. The van der Waals surface area contributed by atoms with Crippen LogP contribution < -0.4 is 5.32 Å². The molecule has 0 aliphatic rings. The first-order valence-electron chi connectivity index (χ1n) is 11.6. The largest absolute Gasteiger partial charge is 0.350 e. The lowest BCUT2D eigenvalue weighted by Gasteiger charge is -2.31. The van der Waals surface area contributed by atoms with Gasteiger partial charge in [-0.1, -0.05) is 75.4 Å². The molecule has 0 radical (unpaired) electrons. The van der Waals surface area contributed by atoms with Gasteiger partial charge in [-0.05, 0) is 62.6 Å². The topological polar surface area (TPSA) is 49.4 Å². The predicted octanol–water partition coefficient (Wildman–Crippen LogP) is 5.29. The Morgan fingerprint density at radius 3 is 1.94 bits per heavy atom. The normalized spacial score (nSPS) is 12.8. The molecule has 32 heavy (non-hydrogen) atoms. The second-order valence-electron chi connectivity index (χ2n) is 10.7. The summed E-state index contributed by atoms with van der Waals surface area (Å²) < 4.78 is 0. The molecule has 0 bridgehead atoms. The molecule has 4 nitrogen and oxygen atoms in total. The highest BCUT2D eigenvalue weighted by Gasteiger charge is 2.27. The molecule has 1 N–H and O–H groups in total. The third kappa shape index (κ3) is 8.14. The Labute approximate surface area is 194 Å². The lowest BCUT2D eigenvalue weighted by Crippen LogP contribution is -2.53. The maximum Gasteiger partial charge on any atom is 0.242 e. The minimum absolute atomic E-state index is 0.0115. The summed E-state index contributed by atoms with van der Waals surface area (Å²) in [4.78, 5) is 27.8. The van der Waals surface area contributed by atoms with Crippen LogP contribution in [0.4, 0.5) is 0 Å². The number of aryl methyl sites for hydroxylation is 1. The molecule has 2 aromatic carbocycles. The summed E-state index contributed by atoms with van der Waals surface area (Å²) >= 11 is 0. The summed E-state index contributed by atoms with van der Waals surface area (Å²) in [6, 6.07) is 18.1. The van der Waals surface area contributed by atoms with Crippen LogP contribution in [-0.4, -0.2) is 34.8 Å². The fourth-order valence-electron chi connectivity index (χ4n) is 3.61. The fraction of sp³-hybridized carbons (Fsp3) is 0.500. The summed E-state index contributed by atoms with van der Waals surface area (Å²) in [5, 5.41) is 3.01. The highest BCUT2D eigenvalue weighted by Crippen LogP contribution is 2.22. The molecule has 2 rings (SSSR count). The Morgan fingerprint density at radius 2 is 1.41 bits per heavy atom. The van der Waals surface area contributed by atoms with E-state index in [1.165, 1.54) is 5.56 Å². The number of hydrogen-bond acceptors (Lipinski definition) is 2. The average molecular weight is 437 g/mol. The van der Waals surface area contributed by atoms with Crippen LogP contribution in [0.2, 0.25) is 0 Å². The van der Waals surface area contributed by atoms with Crippen LogP contribution in [0.1, 0.15) is 71.6 Å². The van der Waals surface area contributed by atoms with Crippen molar-refractivity contribution in [2.24, 2.45) is 0 Å². The zero-order valence-electron chi connectivity index (χ0n) is 20.9.